The number of morpholine rings is 1. The molecule has 0 aromatic heterocycles. The molecular weight excluding hydrogens is 464 g/mol. The van der Waals surface area contributed by atoms with E-state index >= 15 is 0 Å². The van der Waals surface area contributed by atoms with Gasteiger partial charge in [0.2, 0.25) is 15.9 Å². The second-order valence-electron chi connectivity index (χ2n) is 11.6. The molecule has 35 heavy (non-hydrogen) atoms. The van der Waals surface area contributed by atoms with Crippen molar-refractivity contribution in [1.29, 1.82) is 0 Å². The van der Waals surface area contributed by atoms with Gasteiger partial charge in [0.05, 0.1) is 34.9 Å². The van der Waals surface area contributed by atoms with Crippen LogP contribution >= 0.6 is 0 Å². The van der Waals surface area contributed by atoms with Crippen molar-refractivity contribution in [1.82, 2.24) is 9.21 Å². The van der Waals surface area contributed by atoms with Gasteiger partial charge in [-0.3, -0.25) is 4.79 Å². The molecule has 4 aliphatic carbocycles. The molecule has 1 N–H and O–H groups in total. The first kappa shape index (κ1) is 23.7. The number of benzene rings is 1. The largest absolute Gasteiger partial charge is 0.379 e. The van der Waals surface area contributed by atoms with Crippen LogP contribution in [-0.4, -0.2) is 83.1 Å². The lowest BCUT2D eigenvalue weighted by molar-refractivity contribution is -0.140. The van der Waals surface area contributed by atoms with Crippen molar-refractivity contribution in [3.8, 4) is 0 Å². The SMILES string of the molecule is CN1CCN(c2ccc(S(=O)(=O)N3CCOCC3)cc2NC(=O)C23CC4CC(CC(C4)C2)C3)CC1. The van der Waals surface area contributed by atoms with Crippen LogP contribution in [0.5, 0.6) is 0 Å². The van der Waals surface area contributed by atoms with E-state index in [1.807, 2.05) is 6.07 Å². The van der Waals surface area contributed by atoms with Crippen molar-refractivity contribution in [3.63, 3.8) is 0 Å². The number of amides is 1. The molecule has 4 bridgehead atoms. The normalized spacial score (nSPS) is 33.7. The minimum Gasteiger partial charge on any atom is -0.379 e. The Bertz CT molecular complexity index is 1040. The first-order valence-corrected chi connectivity index (χ1v) is 14.7. The van der Waals surface area contributed by atoms with E-state index in [4.69, 9.17) is 4.74 Å². The Morgan fingerprint density at radius 2 is 1.54 bits per heavy atom. The molecule has 0 radical (unpaired) electrons. The van der Waals surface area contributed by atoms with E-state index in [1.165, 1.54) is 23.6 Å². The van der Waals surface area contributed by atoms with Gasteiger partial charge in [-0.1, -0.05) is 0 Å². The van der Waals surface area contributed by atoms with Gasteiger partial charge in [-0.25, -0.2) is 8.42 Å². The second-order valence-corrected chi connectivity index (χ2v) is 13.6. The fraction of sp³-hybridized carbons (Fsp3) is 0.731. The van der Waals surface area contributed by atoms with E-state index in [1.54, 1.807) is 12.1 Å². The number of carbonyl (C=O) groups is 1. The van der Waals surface area contributed by atoms with Crippen LogP contribution in [0.2, 0.25) is 0 Å². The van der Waals surface area contributed by atoms with Crippen molar-refractivity contribution in [2.24, 2.45) is 23.2 Å². The van der Waals surface area contributed by atoms with Gasteiger partial charge in [-0.05, 0) is 81.5 Å². The Morgan fingerprint density at radius 1 is 0.943 bits per heavy atom. The van der Waals surface area contributed by atoms with E-state index in [0.717, 1.165) is 51.1 Å². The molecule has 4 saturated carbocycles. The number of nitrogens with zero attached hydrogens (tertiary/aromatic N) is 3. The van der Waals surface area contributed by atoms with Crippen LogP contribution in [0.15, 0.2) is 23.1 Å². The molecule has 2 heterocycles. The summed E-state index contributed by atoms with van der Waals surface area (Å²) in [5, 5.41) is 3.29. The first-order chi connectivity index (χ1) is 16.8. The van der Waals surface area contributed by atoms with Crippen LogP contribution < -0.4 is 10.2 Å². The number of hydrogen-bond acceptors (Lipinski definition) is 6. The van der Waals surface area contributed by atoms with Gasteiger partial charge in [0.25, 0.3) is 0 Å². The highest BCUT2D eigenvalue weighted by Crippen LogP contribution is 2.60. The monoisotopic (exact) mass is 502 g/mol. The number of anilines is 2. The summed E-state index contributed by atoms with van der Waals surface area (Å²) >= 11 is 0. The molecule has 1 aromatic carbocycles. The van der Waals surface area contributed by atoms with E-state index in [0.29, 0.717) is 49.7 Å². The third-order valence-electron chi connectivity index (χ3n) is 9.19. The summed E-state index contributed by atoms with van der Waals surface area (Å²) in [5.41, 5.74) is 1.29. The van der Waals surface area contributed by atoms with Crippen LogP contribution in [0, 0.1) is 23.2 Å². The maximum absolute atomic E-state index is 13.9. The number of rotatable bonds is 5. The summed E-state index contributed by atoms with van der Waals surface area (Å²) in [6, 6.07) is 5.31. The third kappa shape index (κ3) is 4.38. The number of hydrogen-bond donors (Lipinski definition) is 1. The highest BCUT2D eigenvalue weighted by atomic mass is 32.2. The lowest BCUT2D eigenvalue weighted by Crippen LogP contribution is -2.52. The number of ether oxygens (including phenoxy) is 1. The average Bonchev–Trinajstić information content (AvgIpc) is 2.84. The summed E-state index contributed by atoms with van der Waals surface area (Å²) in [6.45, 7) is 5.13. The number of sulfonamides is 1. The van der Waals surface area contributed by atoms with Crippen molar-refractivity contribution >= 4 is 27.3 Å². The topological polar surface area (TPSA) is 82.2 Å². The molecule has 2 aliphatic heterocycles. The lowest BCUT2D eigenvalue weighted by Gasteiger charge is -2.55. The second kappa shape index (κ2) is 9.01. The van der Waals surface area contributed by atoms with Crippen LogP contribution in [0.1, 0.15) is 38.5 Å². The van der Waals surface area contributed by atoms with Crippen molar-refractivity contribution in [2.45, 2.75) is 43.4 Å². The summed E-state index contributed by atoms with van der Waals surface area (Å²) < 4.78 is 33.7. The summed E-state index contributed by atoms with van der Waals surface area (Å²) in [5.74, 6) is 2.14. The smallest absolute Gasteiger partial charge is 0.243 e. The Labute approximate surface area is 209 Å². The van der Waals surface area contributed by atoms with Gasteiger partial charge in [0.15, 0.2) is 0 Å². The van der Waals surface area contributed by atoms with E-state index in [9.17, 15) is 13.2 Å². The van der Waals surface area contributed by atoms with E-state index in [2.05, 4.69) is 22.2 Å². The van der Waals surface area contributed by atoms with E-state index in [-0.39, 0.29) is 16.2 Å². The van der Waals surface area contributed by atoms with Gasteiger partial charge in [0.1, 0.15) is 0 Å². The molecule has 6 fully saturated rings. The van der Waals surface area contributed by atoms with Crippen LogP contribution in [0.25, 0.3) is 0 Å². The molecule has 2 saturated heterocycles. The minimum atomic E-state index is -3.65. The minimum absolute atomic E-state index is 0.105. The van der Waals surface area contributed by atoms with Crippen LogP contribution in [0.4, 0.5) is 11.4 Å². The highest BCUT2D eigenvalue weighted by Gasteiger charge is 2.54. The zero-order valence-corrected chi connectivity index (χ0v) is 21.6. The fourth-order valence-electron chi connectivity index (χ4n) is 7.68. The number of nitrogens with one attached hydrogen (secondary N) is 1. The Balaban J connectivity index is 1.32. The lowest BCUT2D eigenvalue weighted by atomic mass is 9.49. The zero-order chi connectivity index (χ0) is 24.2. The fourth-order valence-corrected chi connectivity index (χ4v) is 9.11. The molecule has 7 rings (SSSR count). The van der Waals surface area contributed by atoms with Gasteiger partial charge in [-0.15, -0.1) is 0 Å². The molecule has 1 amide bonds. The van der Waals surface area contributed by atoms with E-state index < -0.39 is 10.0 Å². The van der Waals surface area contributed by atoms with Gasteiger partial charge >= 0.3 is 0 Å². The zero-order valence-electron chi connectivity index (χ0n) is 20.7. The molecule has 6 aliphatic rings. The molecule has 192 valence electrons. The molecule has 1 aromatic rings. The maximum Gasteiger partial charge on any atom is 0.243 e. The number of likely N-dealkylation sites (N-methyl/N-ethyl adjacent to an activating group) is 1. The summed E-state index contributed by atoms with van der Waals surface area (Å²) in [6.07, 6.45) is 6.81. The van der Waals surface area contributed by atoms with Crippen molar-refractivity contribution in [2.75, 3.05) is 69.7 Å². The Morgan fingerprint density at radius 3 is 2.14 bits per heavy atom. The average molecular weight is 503 g/mol. The van der Waals surface area contributed by atoms with Gasteiger partial charge < -0.3 is 19.9 Å². The Hall–Kier alpha value is -1.68. The van der Waals surface area contributed by atoms with Gasteiger partial charge in [0, 0.05) is 39.3 Å². The van der Waals surface area contributed by atoms with Crippen molar-refractivity contribution < 1.29 is 17.9 Å². The summed E-state index contributed by atoms with van der Waals surface area (Å²) in [7, 11) is -1.53. The summed E-state index contributed by atoms with van der Waals surface area (Å²) in [4.78, 5) is 18.7. The maximum atomic E-state index is 13.9. The quantitative estimate of drug-likeness (QED) is 0.667. The molecule has 0 spiro atoms. The molecule has 8 nitrogen and oxygen atoms in total. The van der Waals surface area contributed by atoms with Crippen LogP contribution in [-0.2, 0) is 19.6 Å². The number of carbonyl (C=O) groups excluding carboxylic acids is 1. The predicted octanol–water partition coefficient (Wildman–Crippen LogP) is 2.61. The van der Waals surface area contributed by atoms with Crippen LogP contribution in [0.3, 0.4) is 0 Å². The Kier molecular flexibility index (Phi) is 6.10. The van der Waals surface area contributed by atoms with Gasteiger partial charge in [-0.2, -0.15) is 4.31 Å². The third-order valence-corrected chi connectivity index (χ3v) is 11.1. The molecule has 0 unspecified atom stereocenters. The predicted molar refractivity (Wildman–Crippen MR) is 135 cm³/mol. The van der Waals surface area contributed by atoms with Crippen molar-refractivity contribution in [3.05, 3.63) is 18.2 Å². The number of piperazine rings is 1. The highest BCUT2D eigenvalue weighted by molar-refractivity contribution is 7.89. The first-order valence-electron chi connectivity index (χ1n) is 13.3. The molecular formula is C26H38N4O4S. The molecule has 9 heteroatoms. The standard InChI is InChI=1S/C26H38N4O4S/c1-28-4-6-29(7-5-28)24-3-2-22(35(32,33)30-8-10-34-11-9-30)15-23(24)27-25(31)26-16-19-12-20(17-26)14-21(13-19)18-26/h2-3,15,19-21H,4-14,16-18H2,1H3,(H,27,31). The molecule has 0 atom stereocenters.